The van der Waals surface area contributed by atoms with E-state index in [0.29, 0.717) is 0 Å². The first-order valence-electron chi connectivity index (χ1n) is 9.34. The first kappa shape index (κ1) is 15.9. The van der Waals surface area contributed by atoms with Gasteiger partial charge >= 0.3 is 0 Å². The summed E-state index contributed by atoms with van der Waals surface area (Å²) < 4.78 is 2.10. The number of para-hydroxylation sites is 1. The molecule has 24 heavy (non-hydrogen) atoms. The molecule has 1 aliphatic heterocycles. The van der Waals surface area contributed by atoms with Gasteiger partial charge in [0.25, 0.3) is 0 Å². The molecule has 1 N–H and O–H groups in total. The van der Waals surface area contributed by atoms with Crippen molar-refractivity contribution in [3.05, 3.63) is 47.8 Å². The maximum absolute atomic E-state index is 4.56. The van der Waals surface area contributed by atoms with Gasteiger partial charge in [-0.05, 0) is 62.8 Å². The van der Waals surface area contributed by atoms with Crippen molar-refractivity contribution in [2.45, 2.75) is 45.2 Å². The highest BCUT2D eigenvalue weighted by Gasteiger charge is 2.24. The normalized spacial score (nSPS) is 19.7. The Morgan fingerprint density at radius 2 is 1.88 bits per heavy atom. The summed E-state index contributed by atoms with van der Waals surface area (Å²) in [6.45, 7) is 6.74. The average molecular weight is 324 g/mol. The third-order valence-corrected chi connectivity index (χ3v) is 5.43. The third kappa shape index (κ3) is 3.70. The van der Waals surface area contributed by atoms with Crippen LogP contribution in [0.1, 0.15) is 36.9 Å². The van der Waals surface area contributed by atoms with E-state index < -0.39 is 0 Å². The number of aromatic nitrogens is 2. The molecule has 0 amide bonds. The Bertz CT molecular complexity index is 666. The van der Waals surface area contributed by atoms with Crippen LogP contribution >= 0.6 is 0 Å². The molecule has 2 aliphatic rings. The number of benzene rings is 1. The van der Waals surface area contributed by atoms with Crippen molar-refractivity contribution in [1.29, 1.82) is 0 Å². The number of aryl methyl sites for hydroxylation is 1. The molecule has 0 atom stereocenters. The zero-order chi connectivity index (χ0) is 16.4. The average Bonchev–Trinajstić information content (AvgIpc) is 3.33. The topological polar surface area (TPSA) is 33.1 Å². The summed E-state index contributed by atoms with van der Waals surface area (Å²) in [7, 11) is 0. The van der Waals surface area contributed by atoms with Gasteiger partial charge in [0.15, 0.2) is 0 Å². The predicted octanol–water partition coefficient (Wildman–Crippen LogP) is 3.14. The van der Waals surface area contributed by atoms with Crippen molar-refractivity contribution in [3.8, 4) is 5.69 Å². The minimum atomic E-state index is 0.725. The molecular weight excluding hydrogens is 296 g/mol. The van der Waals surface area contributed by atoms with E-state index in [4.69, 9.17) is 0 Å². The van der Waals surface area contributed by atoms with E-state index in [2.05, 4.69) is 57.3 Å². The highest BCUT2D eigenvalue weighted by Crippen LogP contribution is 2.28. The summed E-state index contributed by atoms with van der Waals surface area (Å²) >= 11 is 0. The molecule has 1 saturated carbocycles. The summed E-state index contributed by atoms with van der Waals surface area (Å²) in [5, 5.41) is 8.32. The predicted molar refractivity (Wildman–Crippen MR) is 97.3 cm³/mol. The van der Waals surface area contributed by atoms with Gasteiger partial charge in [-0.2, -0.15) is 5.10 Å². The van der Waals surface area contributed by atoms with Gasteiger partial charge in [0.2, 0.25) is 0 Å². The Morgan fingerprint density at radius 1 is 1.08 bits per heavy atom. The fourth-order valence-corrected chi connectivity index (χ4v) is 3.65. The third-order valence-electron chi connectivity index (χ3n) is 5.43. The van der Waals surface area contributed by atoms with Crippen LogP contribution in [-0.4, -0.2) is 40.4 Å². The summed E-state index contributed by atoms with van der Waals surface area (Å²) in [5.74, 6) is 0.978. The number of nitrogens with zero attached hydrogens (tertiary/aromatic N) is 3. The van der Waals surface area contributed by atoms with Gasteiger partial charge in [0.05, 0.1) is 11.4 Å². The molecular formula is C20H28N4. The second-order valence-corrected chi connectivity index (χ2v) is 7.42. The molecule has 0 unspecified atom stereocenters. The maximum Gasteiger partial charge on any atom is 0.0678 e. The zero-order valence-corrected chi connectivity index (χ0v) is 14.6. The van der Waals surface area contributed by atoms with Gasteiger partial charge in [-0.3, -0.25) is 4.90 Å². The van der Waals surface area contributed by atoms with Gasteiger partial charge in [-0.1, -0.05) is 18.2 Å². The van der Waals surface area contributed by atoms with Gasteiger partial charge in [-0.15, -0.1) is 0 Å². The fourth-order valence-electron chi connectivity index (χ4n) is 3.65. The Morgan fingerprint density at radius 3 is 2.62 bits per heavy atom. The lowest BCUT2D eigenvalue weighted by molar-refractivity contribution is 0.187. The lowest BCUT2D eigenvalue weighted by Gasteiger charge is -2.32. The van der Waals surface area contributed by atoms with Crippen molar-refractivity contribution < 1.29 is 0 Å². The van der Waals surface area contributed by atoms with Crippen LogP contribution in [0, 0.1) is 12.8 Å². The number of likely N-dealkylation sites (tertiary alicyclic amines) is 1. The molecule has 128 valence electrons. The molecule has 4 nitrogen and oxygen atoms in total. The number of rotatable bonds is 6. The van der Waals surface area contributed by atoms with Crippen LogP contribution in [0.2, 0.25) is 0 Å². The monoisotopic (exact) mass is 324 g/mol. The summed E-state index contributed by atoms with van der Waals surface area (Å²) in [6, 6.07) is 11.4. The van der Waals surface area contributed by atoms with E-state index in [0.717, 1.165) is 18.5 Å². The molecule has 1 saturated heterocycles. The van der Waals surface area contributed by atoms with Crippen molar-refractivity contribution in [2.75, 3.05) is 19.6 Å². The van der Waals surface area contributed by atoms with Crippen LogP contribution < -0.4 is 5.32 Å². The quantitative estimate of drug-likeness (QED) is 0.886. The van der Waals surface area contributed by atoms with Crippen LogP contribution in [0.25, 0.3) is 5.69 Å². The lowest BCUT2D eigenvalue weighted by Crippen LogP contribution is -2.42. The van der Waals surface area contributed by atoms with E-state index in [-0.39, 0.29) is 0 Å². The van der Waals surface area contributed by atoms with E-state index in [1.165, 1.54) is 62.3 Å². The smallest absolute Gasteiger partial charge is 0.0678 e. The minimum absolute atomic E-state index is 0.725. The van der Waals surface area contributed by atoms with Crippen molar-refractivity contribution in [3.63, 3.8) is 0 Å². The van der Waals surface area contributed by atoms with Gasteiger partial charge in [-0.25, -0.2) is 4.68 Å². The van der Waals surface area contributed by atoms with Crippen LogP contribution in [0.5, 0.6) is 0 Å². The Kier molecular flexibility index (Phi) is 4.67. The molecule has 0 bridgehead atoms. The van der Waals surface area contributed by atoms with Crippen molar-refractivity contribution in [2.24, 2.45) is 5.92 Å². The molecule has 1 aliphatic carbocycles. The van der Waals surface area contributed by atoms with E-state index in [1.807, 2.05) is 6.20 Å². The Labute approximate surface area is 144 Å². The van der Waals surface area contributed by atoms with Gasteiger partial charge < -0.3 is 5.32 Å². The van der Waals surface area contributed by atoms with E-state index in [1.54, 1.807) is 0 Å². The molecule has 2 heterocycles. The van der Waals surface area contributed by atoms with Crippen LogP contribution in [0.4, 0.5) is 0 Å². The highest BCUT2D eigenvalue weighted by molar-refractivity contribution is 5.40. The number of hydrogen-bond acceptors (Lipinski definition) is 3. The second-order valence-electron chi connectivity index (χ2n) is 7.42. The molecule has 0 radical (unpaired) electrons. The van der Waals surface area contributed by atoms with E-state index >= 15 is 0 Å². The zero-order valence-electron chi connectivity index (χ0n) is 14.6. The maximum atomic E-state index is 4.56. The summed E-state index contributed by atoms with van der Waals surface area (Å²) in [4.78, 5) is 2.57. The molecule has 0 spiro atoms. The number of nitrogens with one attached hydrogen (secondary N) is 1. The number of piperidine rings is 1. The molecule has 1 aromatic heterocycles. The van der Waals surface area contributed by atoms with Crippen LogP contribution in [0.3, 0.4) is 0 Å². The first-order valence-corrected chi connectivity index (χ1v) is 9.34. The van der Waals surface area contributed by atoms with Crippen molar-refractivity contribution in [1.82, 2.24) is 20.0 Å². The number of hydrogen-bond donors (Lipinski definition) is 1. The molecule has 2 fully saturated rings. The fraction of sp³-hybridized carbons (Fsp3) is 0.550. The minimum Gasteiger partial charge on any atom is -0.314 e. The van der Waals surface area contributed by atoms with Crippen LogP contribution in [-0.2, 0) is 6.54 Å². The molecule has 1 aromatic carbocycles. The van der Waals surface area contributed by atoms with Crippen molar-refractivity contribution >= 4 is 0 Å². The molecule has 2 aromatic rings. The lowest BCUT2D eigenvalue weighted by atomic mass is 10.0. The standard InChI is InChI=1S/C20H28N4/c1-16-4-2-3-5-20(16)24-19(8-11-22-24)15-23-12-9-18(10-13-23)21-14-17-6-7-17/h2-5,8,11,17-18,21H,6-7,9-10,12-15H2,1H3. The molecule has 4 heteroatoms. The second kappa shape index (κ2) is 7.08. The largest absolute Gasteiger partial charge is 0.314 e. The van der Waals surface area contributed by atoms with Crippen LogP contribution in [0.15, 0.2) is 36.5 Å². The van der Waals surface area contributed by atoms with E-state index in [9.17, 15) is 0 Å². The molecule has 4 rings (SSSR count). The summed E-state index contributed by atoms with van der Waals surface area (Å²) in [6.07, 6.45) is 7.34. The van der Waals surface area contributed by atoms with Gasteiger partial charge in [0, 0.05) is 31.9 Å². The SMILES string of the molecule is Cc1ccccc1-n1nccc1CN1CCC(NCC2CC2)CC1. The first-order chi connectivity index (χ1) is 11.8. The van der Waals surface area contributed by atoms with Gasteiger partial charge in [0.1, 0.15) is 0 Å². The Balaban J connectivity index is 1.35. The summed E-state index contributed by atoms with van der Waals surface area (Å²) in [5.41, 5.74) is 3.75. The highest BCUT2D eigenvalue weighted by atomic mass is 15.3. The Hall–Kier alpha value is -1.65.